The lowest BCUT2D eigenvalue weighted by molar-refractivity contribution is 0.542. The average molecular weight is 228 g/mol. The van der Waals surface area contributed by atoms with Crippen molar-refractivity contribution in [3.8, 4) is 11.5 Å². The quantitative estimate of drug-likeness (QED) is 0.738. The van der Waals surface area contributed by atoms with Gasteiger partial charge in [0.15, 0.2) is 0 Å². The molecule has 2 rings (SSSR count). The summed E-state index contributed by atoms with van der Waals surface area (Å²) in [4.78, 5) is 4.08. The number of aromatic nitrogens is 1. The van der Waals surface area contributed by atoms with Crippen LogP contribution in [0.1, 0.15) is 5.76 Å². The van der Waals surface area contributed by atoms with Gasteiger partial charge in [-0.2, -0.15) is 0 Å². The second kappa shape index (κ2) is 3.64. The SMILES string of the molecule is Cc1cnc(-c2cc(Cl)ccc2Cl)o1. The molecule has 1 aromatic heterocycles. The van der Waals surface area contributed by atoms with Crippen molar-refractivity contribution in [2.24, 2.45) is 0 Å². The minimum absolute atomic E-state index is 0.495. The maximum absolute atomic E-state index is 5.98. The van der Waals surface area contributed by atoms with Crippen molar-refractivity contribution >= 4 is 23.2 Å². The molecule has 0 fully saturated rings. The van der Waals surface area contributed by atoms with Gasteiger partial charge in [0.05, 0.1) is 16.8 Å². The van der Waals surface area contributed by atoms with Gasteiger partial charge in [-0.1, -0.05) is 23.2 Å². The summed E-state index contributed by atoms with van der Waals surface area (Å²) in [5.41, 5.74) is 0.715. The highest BCUT2D eigenvalue weighted by atomic mass is 35.5. The normalized spacial score (nSPS) is 10.5. The van der Waals surface area contributed by atoms with Gasteiger partial charge in [0, 0.05) is 5.02 Å². The van der Waals surface area contributed by atoms with Gasteiger partial charge in [0.1, 0.15) is 5.76 Å². The van der Waals surface area contributed by atoms with Crippen LogP contribution in [-0.4, -0.2) is 4.98 Å². The molecule has 0 aliphatic rings. The summed E-state index contributed by atoms with van der Waals surface area (Å²) in [6.45, 7) is 1.83. The van der Waals surface area contributed by atoms with Crippen LogP contribution in [0.15, 0.2) is 28.8 Å². The lowest BCUT2D eigenvalue weighted by Crippen LogP contribution is -1.78. The summed E-state index contributed by atoms with van der Waals surface area (Å²) in [7, 11) is 0. The van der Waals surface area contributed by atoms with Crippen molar-refractivity contribution in [2.75, 3.05) is 0 Å². The topological polar surface area (TPSA) is 26.0 Å². The number of hydrogen-bond acceptors (Lipinski definition) is 2. The van der Waals surface area contributed by atoms with Crippen molar-refractivity contribution < 1.29 is 4.42 Å². The number of nitrogens with zero attached hydrogens (tertiary/aromatic N) is 1. The number of aryl methyl sites for hydroxylation is 1. The van der Waals surface area contributed by atoms with Gasteiger partial charge in [0.2, 0.25) is 5.89 Å². The van der Waals surface area contributed by atoms with Crippen molar-refractivity contribution in [3.63, 3.8) is 0 Å². The van der Waals surface area contributed by atoms with E-state index in [9.17, 15) is 0 Å². The number of rotatable bonds is 1. The largest absolute Gasteiger partial charge is 0.441 e. The van der Waals surface area contributed by atoms with Crippen LogP contribution in [0.5, 0.6) is 0 Å². The molecule has 72 valence electrons. The molecule has 0 saturated heterocycles. The molecule has 0 N–H and O–H groups in total. The Morgan fingerprint density at radius 2 is 2.07 bits per heavy atom. The summed E-state index contributed by atoms with van der Waals surface area (Å²) in [6, 6.07) is 5.18. The summed E-state index contributed by atoms with van der Waals surface area (Å²) >= 11 is 11.8. The highest BCUT2D eigenvalue weighted by molar-refractivity contribution is 6.35. The van der Waals surface area contributed by atoms with E-state index in [1.807, 2.05) is 6.92 Å². The smallest absolute Gasteiger partial charge is 0.227 e. The highest BCUT2D eigenvalue weighted by Gasteiger charge is 2.09. The maximum atomic E-state index is 5.98. The summed E-state index contributed by atoms with van der Waals surface area (Å²) in [5.74, 6) is 1.24. The Morgan fingerprint density at radius 3 is 2.71 bits per heavy atom. The van der Waals surface area contributed by atoms with Gasteiger partial charge in [0.25, 0.3) is 0 Å². The maximum Gasteiger partial charge on any atom is 0.227 e. The van der Waals surface area contributed by atoms with E-state index >= 15 is 0 Å². The molecule has 1 aromatic carbocycles. The van der Waals surface area contributed by atoms with E-state index in [4.69, 9.17) is 27.6 Å². The first-order valence-electron chi connectivity index (χ1n) is 4.04. The third-order valence-corrected chi connectivity index (χ3v) is 2.34. The van der Waals surface area contributed by atoms with Crippen LogP contribution in [0.3, 0.4) is 0 Å². The van der Waals surface area contributed by atoms with Crippen LogP contribution in [0.4, 0.5) is 0 Å². The first-order valence-corrected chi connectivity index (χ1v) is 4.80. The van der Waals surface area contributed by atoms with Gasteiger partial charge in [-0.3, -0.25) is 0 Å². The van der Waals surface area contributed by atoms with Gasteiger partial charge in [-0.15, -0.1) is 0 Å². The van der Waals surface area contributed by atoms with Crippen molar-refractivity contribution in [3.05, 3.63) is 40.2 Å². The van der Waals surface area contributed by atoms with E-state index in [1.54, 1.807) is 24.4 Å². The number of hydrogen-bond donors (Lipinski definition) is 0. The zero-order valence-electron chi connectivity index (χ0n) is 7.42. The van der Waals surface area contributed by atoms with Crippen LogP contribution in [0.2, 0.25) is 10.0 Å². The Hall–Kier alpha value is -0.990. The summed E-state index contributed by atoms with van der Waals surface area (Å²) in [6.07, 6.45) is 1.65. The highest BCUT2D eigenvalue weighted by Crippen LogP contribution is 2.29. The van der Waals surface area contributed by atoms with Crippen molar-refractivity contribution in [1.29, 1.82) is 0 Å². The Kier molecular flexibility index (Phi) is 2.48. The number of benzene rings is 1. The molecule has 0 aliphatic heterocycles. The standard InChI is InChI=1S/C10H7Cl2NO/c1-6-5-13-10(14-6)8-4-7(11)2-3-9(8)12/h2-5H,1H3. The van der Waals surface area contributed by atoms with Crippen LogP contribution in [0.25, 0.3) is 11.5 Å². The lowest BCUT2D eigenvalue weighted by atomic mass is 10.2. The Labute approximate surface area is 91.5 Å². The molecule has 0 spiro atoms. The van der Waals surface area contributed by atoms with Crippen LogP contribution >= 0.6 is 23.2 Å². The zero-order valence-corrected chi connectivity index (χ0v) is 8.93. The third-order valence-electron chi connectivity index (χ3n) is 1.78. The molecule has 0 atom stereocenters. The molecular formula is C10H7Cl2NO. The first-order chi connectivity index (χ1) is 6.66. The molecule has 2 aromatic rings. The van der Waals surface area contributed by atoms with Crippen molar-refractivity contribution in [2.45, 2.75) is 6.92 Å². The van der Waals surface area contributed by atoms with Crippen LogP contribution < -0.4 is 0 Å². The second-order valence-corrected chi connectivity index (χ2v) is 3.74. The van der Waals surface area contributed by atoms with Gasteiger partial charge >= 0.3 is 0 Å². The van der Waals surface area contributed by atoms with Crippen LogP contribution in [0, 0.1) is 6.92 Å². The van der Waals surface area contributed by atoms with E-state index in [-0.39, 0.29) is 0 Å². The minimum Gasteiger partial charge on any atom is -0.441 e. The zero-order chi connectivity index (χ0) is 10.1. The van der Waals surface area contributed by atoms with E-state index in [0.29, 0.717) is 21.5 Å². The fourth-order valence-corrected chi connectivity index (χ4v) is 1.51. The molecule has 4 heteroatoms. The second-order valence-electron chi connectivity index (χ2n) is 2.90. The molecule has 0 aliphatic carbocycles. The number of oxazole rings is 1. The van der Waals surface area contributed by atoms with E-state index in [1.165, 1.54) is 0 Å². The molecule has 2 nitrogen and oxygen atoms in total. The molecule has 0 bridgehead atoms. The monoisotopic (exact) mass is 227 g/mol. The van der Waals surface area contributed by atoms with Crippen molar-refractivity contribution in [1.82, 2.24) is 4.98 Å². The average Bonchev–Trinajstić information content (AvgIpc) is 2.56. The molecular weight excluding hydrogens is 221 g/mol. The van der Waals surface area contributed by atoms with E-state index in [2.05, 4.69) is 4.98 Å². The molecule has 0 saturated carbocycles. The van der Waals surface area contributed by atoms with Gasteiger partial charge < -0.3 is 4.42 Å². The molecule has 0 amide bonds. The van der Waals surface area contributed by atoms with Crippen LogP contribution in [-0.2, 0) is 0 Å². The predicted molar refractivity (Wildman–Crippen MR) is 56.7 cm³/mol. The molecule has 0 unspecified atom stereocenters. The van der Waals surface area contributed by atoms with Gasteiger partial charge in [-0.05, 0) is 25.1 Å². The van der Waals surface area contributed by atoms with E-state index < -0.39 is 0 Å². The lowest BCUT2D eigenvalue weighted by Gasteiger charge is -1.99. The minimum atomic E-state index is 0.495. The third kappa shape index (κ3) is 1.76. The molecule has 1 heterocycles. The fourth-order valence-electron chi connectivity index (χ4n) is 1.14. The Bertz CT molecular complexity index is 465. The molecule has 14 heavy (non-hydrogen) atoms. The van der Waals surface area contributed by atoms with Gasteiger partial charge in [-0.25, -0.2) is 4.98 Å². The predicted octanol–water partition coefficient (Wildman–Crippen LogP) is 3.96. The fraction of sp³-hybridized carbons (Fsp3) is 0.100. The Morgan fingerprint density at radius 1 is 1.29 bits per heavy atom. The summed E-state index contributed by atoms with van der Waals surface area (Å²) < 4.78 is 5.35. The summed E-state index contributed by atoms with van der Waals surface area (Å²) in [5, 5.41) is 1.19. The Balaban J connectivity index is 2.55. The van der Waals surface area contributed by atoms with E-state index in [0.717, 1.165) is 5.76 Å². The number of halogens is 2. The molecule has 0 radical (unpaired) electrons. The first kappa shape index (κ1) is 9.56.